The molecule has 0 radical (unpaired) electrons. The zero-order valence-corrected chi connectivity index (χ0v) is 23.7. The van der Waals surface area contributed by atoms with Crippen molar-refractivity contribution in [1.82, 2.24) is 10.2 Å². The fraction of sp³-hybridized carbons (Fsp3) is 0.391. The summed E-state index contributed by atoms with van der Waals surface area (Å²) in [6.07, 6.45) is 2.13. The maximum Gasteiger partial charge on any atom is 0.244 e. The lowest BCUT2D eigenvalue weighted by Crippen LogP contribution is -2.52. The SMILES string of the molecule is CCCNC(=O)[C@H](CC)N(Cc1ccc(Cl)cc1Cl)C(=O)CN(c1ccc(I)cc1)S(C)(=O)=O. The molecule has 0 aliphatic carbocycles. The van der Waals surface area contributed by atoms with Crippen LogP contribution in [0, 0.1) is 3.57 Å². The topological polar surface area (TPSA) is 86.8 Å². The summed E-state index contributed by atoms with van der Waals surface area (Å²) >= 11 is 14.5. The van der Waals surface area contributed by atoms with Crippen molar-refractivity contribution in [2.45, 2.75) is 39.3 Å². The Morgan fingerprint density at radius 1 is 1.09 bits per heavy atom. The van der Waals surface area contributed by atoms with Gasteiger partial charge in [-0.05, 0) is 77.4 Å². The molecule has 0 aliphatic heterocycles. The van der Waals surface area contributed by atoms with Gasteiger partial charge in [0, 0.05) is 26.7 Å². The van der Waals surface area contributed by atoms with Crippen molar-refractivity contribution in [2.24, 2.45) is 0 Å². The molecule has 0 saturated heterocycles. The lowest BCUT2D eigenvalue weighted by atomic mass is 10.1. The predicted octanol–water partition coefficient (Wildman–Crippen LogP) is 4.70. The second-order valence-corrected chi connectivity index (χ2v) is 11.7. The molecule has 0 saturated carbocycles. The highest BCUT2D eigenvalue weighted by Crippen LogP contribution is 2.25. The summed E-state index contributed by atoms with van der Waals surface area (Å²) in [4.78, 5) is 27.9. The third kappa shape index (κ3) is 8.00. The van der Waals surface area contributed by atoms with E-state index in [1.54, 1.807) is 49.4 Å². The molecular formula is C23H28Cl2IN3O4S. The average Bonchev–Trinajstić information content (AvgIpc) is 2.77. The van der Waals surface area contributed by atoms with E-state index in [9.17, 15) is 18.0 Å². The maximum absolute atomic E-state index is 13.6. The smallest absolute Gasteiger partial charge is 0.244 e. The van der Waals surface area contributed by atoms with Crippen LogP contribution in [0.25, 0.3) is 0 Å². The van der Waals surface area contributed by atoms with E-state index in [1.807, 2.05) is 6.92 Å². The van der Waals surface area contributed by atoms with Crippen molar-refractivity contribution in [3.8, 4) is 0 Å². The summed E-state index contributed by atoms with van der Waals surface area (Å²) in [5.74, 6) is -0.823. The number of sulfonamides is 1. The second-order valence-electron chi connectivity index (χ2n) is 7.72. The van der Waals surface area contributed by atoms with E-state index in [2.05, 4.69) is 27.9 Å². The molecule has 0 heterocycles. The predicted molar refractivity (Wildman–Crippen MR) is 146 cm³/mol. The Morgan fingerprint density at radius 2 is 1.74 bits per heavy atom. The summed E-state index contributed by atoms with van der Waals surface area (Å²) < 4.78 is 27.1. The normalized spacial score (nSPS) is 12.2. The first-order chi connectivity index (χ1) is 16.0. The molecule has 1 N–H and O–H groups in total. The molecule has 2 rings (SSSR count). The molecule has 0 spiro atoms. The zero-order chi connectivity index (χ0) is 25.5. The summed E-state index contributed by atoms with van der Waals surface area (Å²) in [6.45, 7) is 3.77. The van der Waals surface area contributed by atoms with Gasteiger partial charge < -0.3 is 10.2 Å². The Balaban J connectivity index is 2.44. The van der Waals surface area contributed by atoms with Gasteiger partial charge in [0.15, 0.2) is 0 Å². The monoisotopic (exact) mass is 639 g/mol. The van der Waals surface area contributed by atoms with Crippen LogP contribution in [0.15, 0.2) is 42.5 Å². The highest BCUT2D eigenvalue weighted by Gasteiger charge is 2.32. The minimum absolute atomic E-state index is 0.0250. The van der Waals surface area contributed by atoms with E-state index in [-0.39, 0.29) is 12.5 Å². The van der Waals surface area contributed by atoms with Crippen molar-refractivity contribution >= 4 is 73.3 Å². The van der Waals surface area contributed by atoms with E-state index in [4.69, 9.17) is 23.2 Å². The number of carbonyl (C=O) groups excluding carboxylic acids is 2. The first-order valence-electron chi connectivity index (χ1n) is 10.7. The van der Waals surface area contributed by atoms with Gasteiger partial charge in [-0.25, -0.2) is 8.42 Å². The minimum atomic E-state index is -3.77. The number of benzene rings is 2. The Bertz CT molecular complexity index is 1110. The van der Waals surface area contributed by atoms with E-state index in [0.29, 0.717) is 34.3 Å². The molecule has 186 valence electrons. The number of amides is 2. The standard InChI is InChI=1S/C23H28Cl2IN3O4S/c1-4-12-27-23(31)21(5-2)28(14-16-6-7-17(24)13-20(16)25)22(30)15-29(34(3,32)33)19-10-8-18(26)9-11-19/h6-11,13,21H,4-5,12,14-15H2,1-3H3,(H,27,31)/t21-/m0/s1. The lowest BCUT2D eigenvalue weighted by Gasteiger charge is -2.33. The molecule has 2 aromatic rings. The summed E-state index contributed by atoms with van der Waals surface area (Å²) in [6, 6.07) is 10.9. The zero-order valence-electron chi connectivity index (χ0n) is 19.2. The van der Waals surface area contributed by atoms with Gasteiger partial charge in [-0.3, -0.25) is 13.9 Å². The van der Waals surface area contributed by atoms with Gasteiger partial charge in [-0.15, -0.1) is 0 Å². The van der Waals surface area contributed by atoms with Crippen molar-refractivity contribution in [3.05, 3.63) is 61.6 Å². The van der Waals surface area contributed by atoms with Gasteiger partial charge in [-0.1, -0.05) is 43.1 Å². The van der Waals surface area contributed by atoms with Crippen LogP contribution in [0.1, 0.15) is 32.3 Å². The number of carbonyl (C=O) groups is 2. The Hall–Kier alpha value is -1.56. The second kappa shape index (κ2) is 12.9. The largest absolute Gasteiger partial charge is 0.354 e. The van der Waals surface area contributed by atoms with Crippen LogP contribution in [0.4, 0.5) is 5.69 Å². The molecule has 2 aromatic carbocycles. The van der Waals surface area contributed by atoms with Crippen LogP contribution >= 0.6 is 45.8 Å². The Labute approximate surface area is 225 Å². The van der Waals surface area contributed by atoms with Gasteiger partial charge in [0.05, 0.1) is 11.9 Å². The molecule has 0 fully saturated rings. The molecule has 0 aromatic heterocycles. The number of halogens is 3. The first kappa shape index (κ1) is 28.7. The fourth-order valence-corrected chi connectivity index (χ4v) is 5.02. The highest BCUT2D eigenvalue weighted by atomic mass is 127. The number of nitrogens with one attached hydrogen (secondary N) is 1. The minimum Gasteiger partial charge on any atom is -0.354 e. The van der Waals surface area contributed by atoms with Crippen molar-refractivity contribution in [3.63, 3.8) is 0 Å². The number of hydrogen-bond donors (Lipinski definition) is 1. The number of rotatable bonds is 11. The van der Waals surface area contributed by atoms with E-state index < -0.39 is 28.5 Å². The van der Waals surface area contributed by atoms with Crippen molar-refractivity contribution in [1.29, 1.82) is 0 Å². The Morgan fingerprint density at radius 3 is 2.26 bits per heavy atom. The third-order valence-corrected chi connectivity index (χ3v) is 7.53. The summed E-state index contributed by atoms with van der Waals surface area (Å²) in [5.41, 5.74) is 0.963. The van der Waals surface area contributed by atoms with E-state index in [0.717, 1.165) is 20.6 Å². The van der Waals surface area contributed by atoms with Gasteiger partial charge in [0.1, 0.15) is 12.6 Å². The molecular weight excluding hydrogens is 612 g/mol. The van der Waals surface area contributed by atoms with Crippen molar-refractivity contribution in [2.75, 3.05) is 23.7 Å². The van der Waals surface area contributed by atoms with E-state index in [1.165, 1.54) is 4.90 Å². The van der Waals surface area contributed by atoms with Crippen LogP contribution in [0.2, 0.25) is 10.0 Å². The quantitative estimate of drug-likeness (QED) is 0.361. The van der Waals surface area contributed by atoms with Gasteiger partial charge in [0.25, 0.3) is 0 Å². The van der Waals surface area contributed by atoms with Crippen molar-refractivity contribution < 1.29 is 18.0 Å². The molecule has 34 heavy (non-hydrogen) atoms. The number of nitrogens with zero attached hydrogens (tertiary/aromatic N) is 2. The van der Waals surface area contributed by atoms with Crippen LogP contribution < -0.4 is 9.62 Å². The van der Waals surface area contributed by atoms with Gasteiger partial charge >= 0.3 is 0 Å². The summed E-state index contributed by atoms with van der Waals surface area (Å²) in [7, 11) is -3.77. The Kier molecular flexibility index (Phi) is 10.9. The molecule has 0 aliphatic rings. The van der Waals surface area contributed by atoms with Crippen LogP contribution in [0.3, 0.4) is 0 Å². The highest BCUT2D eigenvalue weighted by molar-refractivity contribution is 14.1. The lowest BCUT2D eigenvalue weighted by molar-refractivity contribution is -0.140. The molecule has 11 heteroatoms. The molecule has 0 bridgehead atoms. The van der Waals surface area contributed by atoms with E-state index >= 15 is 0 Å². The molecule has 1 atom stereocenters. The molecule has 0 unspecified atom stereocenters. The van der Waals surface area contributed by atoms with Crippen LogP contribution in [-0.2, 0) is 26.2 Å². The van der Waals surface area contributed by atoms with Crippen LogP contribution in [-0.4, -0.2) is 50.5 Å². The maximum atomic E-state index is 13.6. The first-order valence-corrected chi connectivity index (χ1v) is 14.4. The molecule has 7 nitrogen and oxygen atoms in total. The summed E-state index contributed by atoms with van der Waals surface area (Å²) in [5, 5.41) is 3.63. The number of anilines is 1. The molecule has 2 amide bonds. The fourth-order valence-electron chi connectivity index (χ4n) is 3.34. The third-order valence-electron chi connectivity index (χ3n) is 5.08. The van der Waals surface area contributed by atoms with Gasteiger partial charge in [0.2, 0.25) is 21.8 Å². The van der Waals surface area contributed by atoms with Gasteiger partial charge in [-0.2, -0.15) is 0 Å². The van der Waals surface area contributed by atoms with Crippen LogP contribution in [0.5, 0.6) is 0 Å². The average molecular weight is 640 g/mol. The number of hydrogen-bond acceptors (Lipinski definition) is 4.